The van der Waals surface area contributed by atoms with Gasteiger partial charge in [0.05, 0.1) is 12.6 Å². The van der Waals surface area contributed by atoms with Gasteiger partial charge >= 0.3 is 0 Å². The summed E-state index contributed by atoms with van der Waals surface area (Å²) in [6.45, 7) is 4.41. The van der Waals surface area contributed by atoms with Crippen molar-refractivity contribution < 1.29 is 9.53 Å². The van der Waals surface area contributed by atoms with Crippen LogP contribution in [-0.2, 0) is 16.1 Å². The SMILES string of the molecule is CCO[C@@H](C)C(=O)N[C@@H](Cn1ccccc1=O)c1ccccc1. The Labute approximate surface area is 135 Å². The van der Waals surface area contributed by atoms with Crippen molar-refractivity contribution in [1.29, 1.82) is 0 Å². The Kier molecular flexibility index (Phi) is 6.11. The van der Waals surface area contributed by atoms with Crippen LogP contribution in [-0.4, -0.2) is 23.2 Å². The third-order valence-corrected chi connectivity index (χ3v) is 3.58. The Morgan fingerprint density at radius 2 is 1.87 bits per heavy atom. The van der Waals surface area contributed by atoms with Gasteiger partial charge in [-0.15, -0.1) is 0 Å². The van der Waals surface area contributed by atoms with Crippen LogP contribution in [0.15, 0.2) is 59.5 Å². The minimum Gasteiger partial charge on any atom is -0.369 e. The van der Waals surface area contributed by atoms with Crippen molar-refractivity contribution >= 4 is 5.91 Å². The number of benzene rings is 1. The number of nitrogens with zero attached hydrogens (tertiary/aromatic N) is 1. The first-order valence-corrected chi connectivity index (χ1v) is 7.74. The molecule has 1 aromatic carbocycles. The van der Waals surface area contributed by atoms with E-state index in [2.05, 4.69) is 5.32 Å². The number of amides is 1. The molecule has 0 unspecified atom stereocenters. The number of pyridine rings is 1. The molecule has 0 saturated carbocycles. The van der Waals surface area contributed by atoms with E-state index >= 15 is 0 Å². The Morgan fingerprint density at radius 3 is 2.52 bits per heavy atom. The van der Waals surface area contributed by atoms with Gasteiger partial charge in [0.1, 0.15) is 6.10 Å². The normalized spacial score (nSPS) is 13.3. The highest BCUT2D eigenvalue weighted by molar-refractivity contribution is 5.80. The Hall–Kier alpha value is -2.40. The van der Waals surface area contributed by atoms with Crippen molar-refractivity contribution in [2.45, 2.75) is 32.5 Å². The summed E-state index contributed by atoms with van der Waals surface area (Å²) >= 11 is 0. The summed E-state index contributed by atoms with van der Waals surface area (Å²) in [5.74, 6) is -0.190. The number of rotatable bonds is 7. The van der Waals surface area contributed by atoms with Gasteiger partial charge in [-0.1, -0.05) is 36.4 Å². The maximum atomic E-state index is 12.3. The summed E-state index contributed by atoms with van der Waals surface area (Å²) < 4.78 is 6.92. The lowest BCUT2D eigenvalue weighted by atomic mass is 10.1. The fraction of sp³-hybridized carbons (Fsp3) is 0.333. The Balaban J connectivity index is 2.21. The van der Waals surface area contributed by atoms with Gasteiger partial charge < -0.3 is 14.6 Å². The van der Waals surface area contributed by atoms with Crippen LogP contribution in [0.25, 0.3) is 0 Å². The van der Waals surface area contributed by atoms with E-state index in [-0.39, 0.29) is 17.5 Å². The van der Waals surface area contributed by atoms with E-state index in [4.69, 9.17) is 4.74 Å². The van der Waals surface area contributed by atoms with Gasteiger partial charge in [-0.2, -0.15) is 0 Å². The van der Waals surface area contributed by atoms with Crippen LogP contribution in [0.3, 0.4) is 0 Å². The minimum absolute atomic E-state index is 0.0967. The molecule has 2 atom stereocenters. The fourth-order valence-electron chi connectivity index (χ4n) is 2.34. The van der Waals surface area contributed by atoms with Crippen molar-refractivity contribution in [1.82, 2.24) is 9.88 Å². The molecule has 0 aliphatic heterocycles. The first-order chi connectivity index (χ1) is 11.1. The molecule has 5 heteroatoms. The lowest BCUT2D eigenvalue weighted by molar-refractivity contribution is -0.132. The maximum absolute atomic E-state index is 12.3. The molecule has 1 aromatic heterocycles. The predicted octanol–water partition coefficient (Wildman–Crippen LogP) is 2.13. The van der Waals surface area contributed by atoms with Gasteiger partial charge in [0, 0.05) is 18.9 Å². The Bertz CT molecular complexity index is 682. The molecule has 0 aliphatic carbocycles. The van der Waals surface area contributed by atoms with Gasteiger partial charge in [-0.25, -0.2) is 0 Å². The summed E-state index contributed by atoms with van der Waals surface area (Å²) in [7, 11) is 0. The van der Waals surface area contributed by atoms with Crippen LogP contribution in [0.1, 0.15) is 25.5 Å². The first kappa shape index (κ1) is 17.0. The molecule has 1 N–H and O–H groups in total. The van der Waals surface area contributed by atoms with E-state index in [0.29, 0.717) is 13.2 Å². The molecule has 5 nitrogen and oxygen atoms in total. The zero-order chi connectivity index (χ0) is 16.7. The average molecular weight is 314 g/mol. The quantitative estimate of drug-likeness (QED) is 0.851. The average Bonchev–Trinajstić information content (AvgIpc) is 2.57. The fourth-order valence-corrected chi connectivity index (χ4v) is 2.34. The standard InChI is InChI=1S/C18H22N2O3/c1-3-23-14(2)18(22)19-16(15-9-5-4-6-10-15)13-20-12-8-7-11-17(20)21/h4-12,14,16H,3,13H2,1-2H3,(H,19,22)/t14-,16-/m0/s1. The van der Waals surface area contributed by atoms with Gasteiger partial charge in [-0.3, -0.25) is 9.59 Å². The third kappa shape index (κ3) is 4.79. The molecular weight excluding hydrogens is 292 g/mol. The van der Waals surface area contributed by atoms with Crippen molar-refractivity contribution in [3.63, 3.8) is 0 Å². The predicted molar refractivity (Wildman–Crippen MR) is 89.1 cm³/mol. The molecule has 1 amide bonds. The van der Waals surface area contributed by atoms with Crippen LogP contribution in [0.4, 0.5) is 0 Å². The molecule has 0 bridgehead atoms. The van der Waals surface area contributed by atoms with Crippen molar-refractivity contribution in [3.05, 3.63) is 70.6 Å². The minimum atomic E-state index is -0.529. The zero-order valence-electron chi connectivity index (χ0n) is 13.4. The highest BCUT2D eigenvalue weighted by atomic mass is 16.5. The molecule has 23 heavy (non-hydrogen) atoms. The summed E-state index contributed by atoms with van der Waals surface area (Å²) in [5, 5.41) is 2.97. The summed E-state index contributed by atoms with van der Waals surface area (Å²) in [6, 6.07) is 14.3. The second-order valence-corrected chi connectivity index (χ2v) is 5.26. The molecule has 1 heterocycles. The van der Waals surface area contributed by atoms with Crippen molar-refractivity contribution in [2.24, 2.45) is 0 Å². The Morgan fingerprint density at radius 1 is 1.17 bits per heavy atom. The maximum Gasteiger partial charge on any atom is 0.250 e. The van der Waals surface area contributed by atoms with Gasteiger partial charge in [0.2, 0.25) is 5.91 Å². The molecule has 0 fully saturated rings. The molecule has 0 spiro atoms. The summed E-state index contributed by atoms with van der Waals surface area (Å²) in [5.41, 5.74) is 0.848. The largest absolute Gasteiger partial charge is 0.369 e. The van der Waals surface area contributed by atoms with E-state index in [0.717, 1.165) is 5.56 Å². The topological polar surface area (TPSA) is 60.3 Å². The van der Waals surface area contributed by atoms with Crippen LogP contribution >= 0.6 is 0 Å². The van der Waals surface area contributed by atoms with Crippen LogP contribution in [0, 0.1) is 0 Å². The zero-order valence-corrected chi connectivity index (χ0v) is 13.4. The number of aromatic nitrogens is 1. The van der Waals surface area contributed by atoms with Crippen molar-refractivity contribution in [3.8, 4) is 0 Å². The van der Waals surface area contributed by atoms with Crippen LogP contribution in [0.5, 0.6) is 0 Å². The van der Waals surface area contributed by atoms with E-state index in [9.17, 15) is 9.59 Å². The van der Waals surface area contributed by atoms with E-state index in [1.54, 1.807) is 29.8 Å². The summed E-state index contributed by atoms with van der Waals surface area (Å²) in [6.07, 6.45) is 1.19. The second kappa shape index (κ2) is 8.29. The number of carbonyl (C=O) groups excluding carboxylic acids is 1. The number of nitrogens with one attached hydrogen (secondary N) is 1. The lowest BCUT2D eigenvalue weighted by Gasteiger charge is -2.22. The monoisotopic (exact) mass is 314 g/mol. The van der Waals surface area contributed by atoms with Crippen LogP contribution < -0.4 is 10.9 Å². The number of hydrogen-bond acceptors (Lipinski definition) is 3. The van der Waals surface area contributed by atoms with E-state index < -0.39 is 6.10 Å². The van der Waals surface area contributed by atoms with Gasteiger partial charge in [0.25, 0.3) is 5.56 Å². The first-order valence-electron chi connectivity index (χ1n) is 7.74. The van der Waals surface area contributed by atoms with Crippen LogP contribution in [0.2, 0.25) is 0 Å². The van der Waals surface area contributed by atoms with E-state index in [1.807, 2.05) is 37.3 Å². The second-order valence-electron chi connectivity index (χ2n) is 5.26. The molecule has 0 saturated heterocycles. The third-order valence-electron chi connectivity index (χ3n) is 3.58. The molecular formula is C18H22N2O3. The molecule has 0 radical (unpaired) electrons. The molecule has 2 aromatic rings. The number of ether oxygens (including phenoxy) is 1. The molecule has 122 valence electrons. The highest BCUT2D eigenvalue weighted by Gasteiger charge is 2.19. The molecule has 0 aliphatic rings. The summed E-state index contributed by atoms with van der Waals surface area (Å²) in [4.78, 5) is 24.2. The van der Waals surface area contributed by atoms with Gasteiger partial charge in [-0.05, 0) is 25.5 Å². The molecule has 2 rings (SSSR count). The lowest BCUT2D eigenvalue weighted by Crippen LogP contribution is -2.39. The van der Waals surface area contributed by atoms with E-state index in [1.165, 1.54) is 6.07 Å². The smallest absolute Gasteiger partial charge is 0.250 e. The van der Waals surface area contributed by atoms with Gasteiger partial charge in [0.15, 0.2) is 0 Å². The number of hydrogen-bond donors (Lipinski definition) is 1. The van der Waals surface area contributed by atoms with Crippen molar-refractivity contribution in [2.75, 3.05) is 6.61 Å². The highest BCUT2D eigenvalue weighted by Crippen LogP contribution is 2.15. The number of carbonyl (C=O) groups is 1.